The number of hydrogen-bond donors (Lipinski definition) is 1. The summed E-state index contributed by atoms with van der Waals surface area (Å²) in [7, 11) is 0. The Morgan fingerprint density at radius 3 is 2.58 bits per heavy atom. The molecule has 2 rings (SSSR count). The van der Waals surface area contributed by atoms with Crippen molar-refractivity contribution in [2.45, 2.75) is 13.3 Å². The molecule has 0 amide bonds. The maximum atomic E-state index is 10.9. The minimum Gasteiger partial charge on any atom is -0.478 e. The van der Waals surface area contributed by atoms with E-state index < -0.39 is 5.97 Å². The molecule has 0 radical (unpaired) electrons. The highest BCUT2D eigenvalue weighted by molar-refractivity contribution is 9.10. The highest BCUT2D eigenvalue weighted by Crippen LogP contribution is 2.32. The maximum Gasteiger partial charge on any atom is 0.335 e. The van der Waals surface area contributed by atoms with Crippen molar-refractivity contribution in [3.05, 3.63) is 58.1 Å². The van der Waals surface area contributed by atoms with E-state index in [9.17, 15) is 4.79 Å². The van der Waals surface area contributed by atoms with Gasteiger partial charge < -0.3 is 9.84 Å². The first kappa shape index (κ1) is 13.6. The van der Waals surface area contributed by atoms with Crippen molar-refractivity contribution in [3.8, 4) is 11.5 Å². The van der Waals surface area contributed by atoms with Crippen LogP contribution in [0.15, 0.2) is 46.9 Å². The first-order chi connectivity index (χ1) is 9.11. The predicted octanol–water partition coefficient (Wildman–Crippen LogP) is 4.50. The average Bonchev–Trinajstić information content (AvgIpc) is 2.41. The maximum absolute atomic E-state index is 10.9. The van der Waals surface area contributed by atoms with E-state index in [4.69, 9.17) is 9.84 Å². The number of ether oxygens (including phenoxy) is 1. The van der Waals surface area contributed by atoms with Gasteiger partial charge in [-0.25, -0.2) is 4.79 Å². The molecule has 1 N–H and O–H groups in total. The van der Waals surface area contributed by atoms with E-state index in [-0.39, 0.29) is 5.56 Å². The normalized spacial score (nSPS) is 10.2. The molecule has 19 heavy (non-hydrogen) atoms. The zero-order valence-corrected chi connectivity index (χ0v) is 12.0. The molecule has 0 aliphatic heterocycles. The van der Waals surface area contributed by atoms with Crippen molar-refractivity contribution >= 4 is 21.9 Å². The van der Waals surface area contributed by atoms with Crippen molar-refractivity contribution in [3.63, 3.8) is 0 Å². The summed E-state index contributed by atoms with van der Waals surface area (Å²) in [5.74, 6) is 0.431. The number of aromatic carboxylic acids is 1. The lowest BCUT2D eigenvalue weighted by Gasteiger charge is -2.11. The molecule has 0 aliphatic rings. The van der Waals surface area contributed by atoms with Gasteiger partial charge in [-0.05, 0) is 52.2 Å². The van der Waals surface area contributed by atoms with E-state index >= 15 is 0 Å². The summed E-state index contributed by atoms with van der Waals surface area (Å²) in [5, 5.41) is 8.91. The molecular formula is C15H13BrO3. The van der Waals surface area contributed by atoms with Gasteiger partial charge in [0.15, 0.2) is 0 Å². The molecule has 0 unspecified atom stereocenters. The van der Waals surface area contributed by atoms with E-state index in [2.05, 4.69) is 22.9 Å². The second-order valence-electron chi connectivity index (χ2n) is 4.01. The third-order valence-corrected chi connectivity index (χ3v) is 3.37. The number of carboxylic acid groups (broad SMARTS) is 1. The third kappa shape index (κ3) is 3.15. The fourth-order valence-electron chi connectivity index (χ4n) is 1.73. The van der Waals surface area contributed by atoms with Gasteiger partial charge in [0.05, 0.1) is 10.0 Å². The number of para-hydroxylation sites is 1. The molecule has 0 spiro atoms. The summed E-state index contributed by atoms with van der Waals surface area (Å²) in [6, 6.07) is 12.5. The Morgan fingerprint density at radius 1 is 1.21 bits per heavy atom. The van der Waals surface area contributed by atoms with Crippen LogP contribution in [-0.2, 0) is 6.42 Å². The molecule has 98 valence electrons. The highest BCUT2D eigenvalue weighted by atomic mass is 79.9. The molecule has 0 fully saturated rings. The summed E-state index contributed by atoms with van der Waals surface area (Å²) in [6.45, 7) is 2.06. The molecule has 2 aromatic rings. The first-order valence-corrected chi connectivity index (χ1v) is 6.69. The molecule has 0 saturated heterocycles. The average molecular weight is 321 g/mol. The lowest BCUT2D eigenvalue weighted by molar-refractivity contribution is 0.0697. The zero-order chi connectivity index (χ0) is 13.8. The SMILES string of the molecule is CCc1ccccc1Oc1ccc(C(=O)O)cc1Br. The Hall–Kier alpha value is -1.81. The van der Waals surface area contributed by atoms with Gasteiger partial charge in [0.25, 0.3) is 0 Å². The van der Waals surface area contributed by atoms with E-state index in [1.807, 2.05) is 24.3 Å². The molecular weight excluding hydrogens is 308 g/mol. The van der Waals surface area contributed by atoms with Crippen molar-refractivity contribution in [2.24, 2.45) is 0 Å². The van der Waals surface area contributed by atoms with Crippen LogP contribution in [0.4, 0.5) is 0 Å². The van der Waals surface area contributed by atoms with Crippen LogP contribution in [-0.4, -0.2) is 11.1 Å². The van der Waals surface area contributed by atoms with Gasteiger partial charge in [-0.3, -0.25) is 0 Å². The van der Waals surface area contributed by atoms with Crippen molar-refractivity contribution < 1.29 is 14.6 Å². The number of carboxylic acids is 1. The summed E-state index contributed by atoms with van der Waals surface area (Å²) in [4.78, 5) is 10.9. The van der Waals surface area contributed by atoms with Gasteiger partial charge in [-0.2, -0.15) is 0 Å². The molecule has 0 aromatic heterocycles. The Labute approximate surface area is 120 Å². The van der Waals surface area contributed by atoms with Gasteiger partial charge in [0, 0.05) is 0 Å². The van der Waals surface area contributed by atoms with Crippen LogP contribution in [0.3, 0.4) is 0 Å². The van der Waals surface area contributed by atoms with E-state index in [0.29, 0.717) is 10.2 Å². The zero-order valence-electron chi connectivity index (χ0n) is 10.4. The summed E-state index contributed by atoms with van der Waals surface area (Å²) in [5.41, 5.74) is 1.33. The molecule has 3 nitrogen and oxygen atoms in total. The quantitative estimate of drug-likeness (QED) is 0.902. The van der Waals surface area contributed by atoms with E-state index in [0.717, 1.165) is 17.7 Å². The van der Waals surface area contributed by atoms with Crippen LogP contribution in [0.5, 0.6) is 11.5 Å². The molecule has 0 bridgehead atoms. The number of benzene rings is 2. The van der Waals surface area contributed by atoms with Crippen LogP contribution < -0.4 is 4.74 Å². The second-order valence-corrected chi connectivity index (χ2v) is 4.87. The predicted molar refractivity (Wildman–Crippen MR) is 77.0 cm³/mol. The second kappa shape index (κ2) is 5.89. The molecule has 2 aromatic carbocycles. The largest absolute Gasteiger partial charge is 0.478 e. The monoisotopic (exact) mass is 320 g/mol. The van der Waals surface area contributed by atoms with E-state index in [1.54, 1.807) is 6.07 Å². The minimum atomic E-state index is -0.957. The molecule has 0 aliphatic carbocycles. The Morgan fingerprint density at radius 2 is 1.95 bits per heavy atom. The smallest absolute Gasteiger partial charge is 0.335 e. The standard InChI is InChI=1S/C15H13BrO3/c1-2-10-5-3-4-6-13(10)19-14-8-7-11(15(17)18)9-12(14)16/h3-9H,2H2,1H3,(H,17,18). The Kier molecular flexibility index (Phi) is 4.22. The van der Waals surface area contributed by atoms with Gasteiger partial charge in [0.2, 0.25) is 0 Å². The van der Waals surface area contributed by atoms with Crippen LogP contribution >= 0.6 is 15.9 Å². The van der Waals surface area contributed by atoms with Crippen molar-refractivity contribution in [1.29, 1.82) is 0 Å². The minimum absolute atomic E-state index is 0.225. The highest BCUT2D eigenvalue weighted by Gasteiger charge is 2.09. The lowest BCUT2D eigenvalue weighted by atomic mass is 10.1. The van der Waals surface area contributed by atoms with Crippen LogP contribution in [0.2, 0.25) is 0 Å². The Bertz CT molecular complexity index is 608. The van der Waals surface area contributed by atoms with Crippen molar-refractivity contribution in [1.82, 2.24) is 0 Å². The fraction of sp³-hybridized carbons (Fsp3) is 0.133. The van der Waals surface area contributed by atoms with Gasteiger partial charge >= 0.3 is 5.97 Å². The van der Waals surface area contributed by atoms with Crippen LogP contribution in [0.25, 0.3) is 0 Å². The summed E-state index contributed by atoms with van der Waals surface area (Å²) < 4.78 is 6.45. The number of aryl methyl sites for hydroxylation is 1. The molecule has 0 atom stereocenters. The number of hydrogen-bond acceptors (Lipinski definition) is 2. The summed E-state index contributed by atoms with van der Waals surface area (Å²) in [6.07, 6.45) is 0.876. The summed E-state index contributed by atoms with van der Waals surface area (Å²) >= 11 is 3.33. The van der Waals surface area contributed by atoms with Crippen LogP contribution in [0.1, 0.15) is 22.8 Å². The van der Waals surface area contributed by atoms with Gasteiger partial charge in [0.1, 0.15) is 11.5 Å². The topological polar surface area (TPSA) is 46.5 Å². The molecule has 0 saturated carbocycles. The lowest BCUT2D eigenvalue weighted by Crippen LogP contribution is -1.97. The molecule has 0 heterocycles. The first-order valence-electron chi connectivity index (χ1n) is 5.90. The number of rotatable bonds is 4. The van der Waals surface area contributed by atoms with Gasteiger partial charge in [-0.15, -0.1) is 0 Å². The third-order valence-electron chi connectivity index (χ3n) is 2.75. The van der Waals surface area contributed by atoms with Crippen LogP contribution in [0, 0.1) is 0 Å². The molecule has 4 heteroatoms. The number of halogens is 1. The Balaban J connectivity index is 2.31. The van der Waals surface area contributed by atoms with Gasteiger partial charge in [-0.1, -0.05) is 25.1 Å². The van der Waals surface area contributed by atoms with Crippen molar-refractivity contribution in [2.75, 3.05) is 0 Å². The van der Waals surface area contributed by atoms with E-state index in [1.165, 1.54) is 12.1 Å². The fourth-order valence-corrected chi connectivity index (χ4v) is 2.19. The number of carbonyl (C=O) groups is 1.